The minimum Gasteiger partial charge on any atom is -0.454 e. The maximum atomic E-state index is 12.2. The van der Waals surface area contributed by atoms with Gasteiger partial charge in [-0.25, -0.2) is 26.4 Å². The molecule has 0 heterocycles. The molecule has 0 spiro atoms. The average molecular weight is 453 g/mol. The topological polar surface area (TPSA) is 136 Å². The minimum atomic E-state index is -3.71. The van der Waals surface area contributed by atoms with Gasteiger partial charge in [-0.05, 0) is 48.5 Å². The smallest absolute Gasteiger partial charge is 0.338 e. The van der Waals surface area contributed by atoms with Crippen LogP contribution in [0.15, 0.2) is 66.1 Å². The van der Waals surface area contributed by atoms with Crippen molar-refractivity contribution in [2.75, 3.05) is 24.1 Å². The Morgan fingerprint density at radius 3 is 2.07 bits per heavy atom. The van der Waals surface area contributed by atoms with Crippen LogP contribution in [0.1, 0.15) is 20.7 Å². The number of ether oxygens (including phenoxy) is 1. The van der Waals surface area contributed by atoms with Crippen LogP contribution < -0.4 is 9.44 Å². The van der Waals surface area contributed by atoms with Gasteiger partial charge < -0.3 is 4.74 Å². The molecule has 0 bridgehead atoms. The monoisotopic (exact) mass is 452 g/mol. The number of hydrogen-bond acceptors (Lipinski definition) is 7. The van der Waals surface area contributed by atoms with Crippen LogP contribution in [0, 0.1) is 0 Å². The summed E-state index contributed by atoms with van der Waals surface area (Å²) >= 11 is 0. The fraction of sp³-hybridized carbons (Fsp3) is 0.158. The SMILES string of the molecule is C=CCNS(=O)(=O)c1ccc(C(=O)OCC(=O)c2ccc(NS(C)(=O)=O)cc2)cc1. The summed E-state index contributed by atoms with van der Waals surface area (Å²) in [6, 6.07) is 10.7. The molecule has 0 amide bonds. The van der Waals surface area contributed by atoms with Crippen LogP contribution in [0.5, 0.6) is 0 Å². The third kappa shape index (κ3) is 6.79. The van der Waals surface area contributed by atoms with E-state index in [0.717, 1.165) is 6.26 Å². The number of esters is 1. The first-order valence-corrected chi connectivity index (χ1v) is 11.9. The molecule has 2 N–H and O–H groups in total. The molecule has 9 nitrogen and oxygen atoms in total. The molecule has 0 saturated heterocycles. The van der Waals surface area contributed by atoms with Gasteiger partial charge in [0.2, 0.25) is 20.0 Å². The van der Waals surface area contributed by atoms with Crippen LogP contribution in [0.25, 0.3) is 0 Å². The number of carbonyl (C=O) groups is 2. The van der Waals surface area contributed by atoms with Gasteiger partial charge in [-0.2, -0.15) is 0 Å². The van der Waals surface area contributed by atoms with Crippen molar-refractivity contribution in [1.82, 2.24) is 4.72 Å². The highest BCUT2D eigenvalue weighted by Crippen LogP contribution is 2.13. The number of carbonyl (C=O) groups excluding carboxylic acids is 2. The number of Topliss-reactive ketones (excluding diaryl/α,β-unsaturated/α-hetero) is 1. The number of anilines is 1. The Bertz CT molecular complexity index is 1140. The second kappa shape index (κ2) is 9.65. The fourth-order valence-corrected chi connectivity index (χ4v) is 3.82. The van der Waals surface area contributed by atoms with Crippen LogP contribution in [0.2, 0.25) is 0 Å². The lowest BCUT2D eigenvalue weighted by Crippen LogP contribution is -2.23. The van der Waals surface area contributed by atoms with E-state index in [1.54, 1.807) is 0 Å². The fourth-order valence-electron chi connectivity index (χ4n) is 2.26. The quantitative estimate of drug-likeness (QED) is 0.317. The van der Waals surface area contributed by atoms with E-state index in [9.17, 15) is 26.4 Å². The first-order valence-electron chi connectivity index (χ1n) is 8.50. The standard InChI is InChI=1S/C19H20N2O7S2/c1-3-12-20-30(26,27)17-10-6-15(7-11-17)19(23)28-13-18(22)14-4-8-16(9-5-14)21-29(2,24)25/h3-11,20-21H,1,12-13H2,2H3. The highest BCUT2D eigenvalue weighted by atomic mass is 32.2. The molecule has 0 aliphatic carbocycles. The second-order valence-electron chi connectivity index (χ2n) is 6.12. The van der Waals surface area contributed by atoms with E-state index in [2.05, 4.69) is 16.0 Å². The summed E-state index contributed by atoms with van der Waals surface area (Å²) in [5, 5.41) is 0. The first kappa shape index (κ1) is 23.3. The summed E-state index contributed by atoms with van der Waals surface area (Å²) < 4.78 is 55.9. The van der Waals surface area contributed by atoms with Crippen molar-refractivity contribution in [1.29, 1.82) is 0 Å². The molecule has 2 rings (SSSR count). The summed E-state index contributed by atoms with van der Waals surface area (Å²) in [4.78, 5) is 24.2. The molecule has 2 aromatic carbocycles. The van der Waals surface area contributed by atoms with Gasteiger partial charge in [0.1, 0.15) is 0 Å². The number of hydrogen-bond donors (Lipinski definition) is 2. The van der Waals surface area contributed by atoms with Crippen LogP contribution >= 0.6 is 0 Å². The molecule has 0 atom stereocenters. The number of sulfonamides is 2. The molecular formula is C19H20N2O7S2. The lowest BCUT2D eigenvalue weighted by molar-refractivity contribution is 0.0474. The Morgan fingerprint density at radius 2 is 1.53 bits per heavy atom. The molecule has 0 unspecified atom stereocenters. The molecular weight excluding hydrogens is 432 g/mol. The van der Waals surface area contributed by atoms with Crippen molar-refractivity contribution >= 4 is 37.5 Å². The van der Waals surface area contributed by atoms with Gasteiger partial charge >= 0.3 is 5.97 Å². The van der Waals surface area contributed by atoms with Gasteiger partial charge in [0.15, 0.2) is 12.4 Å². The number of rotatable bonds is 10. The van der Waals surface area contributed by atoms with Crippen molar-refractivity contribution in [2.45, 2.75) is 4.90 Å². The Labute approximate surface area is 174 Å². The maximum absolute atomic E-state index is 12.2. The second-order valence-corrected chi connectivity index (χ2v) is 9.63. The summed E-state index contributed by atoms with van der Waals surface area (Å²) in [5.41, 5.74) is 0.610. The number of nitrogens with one attached hydrogen (secondary N) is 2. The van der Waals surface area contributed by atoms with Crippen LogP contribution in [0.3, 0.4) is 0 Å². The molecule has 0 aromatic heterocycles. The van der Waals surface area contributed by atoms with Crippen molar-refractivity contribution in [2.24, 2.45) is 0 Å². The zero-order valence-electron chi connectivity index (χ0n) is 16.0. The molecule has 160 valence electrons. The van der Waals surface area contributed by atoms with Crippen molar-refractivity contribution in [3.63, 3.8) is 0 Å². The molecule has 0 fully saturated rings. The lowest BCUT2D eigenvalue weighted by atomic mass is 10.1. The number of ketones is 1. The third-order valence-electron chi connectivity index (χ3n) is 3.66. The van der Waals surface area contributed by atoms with Crippen molar-refractivity contribution < 1.29 is 31.2 Å². The van der Waals surface area contributed by atoms with Gasteiger partial charge in [-0.1, -0.05) is 6.08 Å². The van der Waals surface area contributed by atoms with Gasteiger partial charge in [0.05, 0.1) is 16.7 Å². The Kier molecular flexibility index (Phi) is 7.48. The van der Waals surface area contributed by atoms with E-state index in [0.29, 0.717) is 5.69 Å². The average Bonchev–Trinajstić information content (AvgIpc) is 2.69. The summed E-state index contributed by atoms with van der Waals surface area (Å²) in [6.07, 6.45) is 2.40. The number of benzene rings is 2. The first-order chi connectivity index (χ1) is 14.0. The van der Waals surface area contributed by atoms with E-state index in [1.807, 2.05) is 0 Å². The van der Waals surface area contributed by atoms with E-state index < -0.39 is 38.4 Å². The zero-order chi connectivity index (χ0) is 22.4. The van der Waals surface area contributed by atoms with Crippen LogP contribution in [-0.2, 0) is 24.8 Å². The van der Waals surface area contributed by atoms with Crippen LogP contribution in [0.4, 0.5) is 5.69 Å². The summed E-state index contributed by atoms with van der Waals surface area (Å²) in [5.74, 6) is -1.27. The summed E-state index contributed by atoms with van der Waals surface area (Å²) in [6.45, 7) is 2.97. The van der Waals surface area contributed by atoms with E-state index in [1.165, 1.54) is 54.6 Å². The van der Waals surface area contributed by atoms with Crippen LogP contribution in [-0.4, -0.2) is 48.0 Å². The molecule has 2 aromatic rings. The minimum absolute atomic E-state index is 0.0280. The van der Waals surface area contributed by atoms with E-state index >= 15 is 0 Å². The zero-order valence-corrected chi connectivity index (χ0v) is 17.6. The van der Waals surface area contributed by atoms with Gasteiger partial charge in [-0.3, -0.25) is 9.52 Å². The largest absolute Gasteiger partial charge is 0.454 e. The third-order valence-corrected chi connectivity index (χ3v) is 5.71. The highest BCUT2D eigenvalue weighted by Gasteiger charge is 2.16. The Morgan fingerprint density at radius 1 is 0.967 bits per heavy atom. The normalized spacial score (nSPS) is 11.5. The molecule has 0 aliphatic rings. The van der Waals surface area contributed by atoms with Gasteiger partial charge in [0.25, 0.3) is 0 Å². The Hall–Kier alpha value is -3.02. The van der Waals surface area contributed by atoms with Crippen molar-refractivity contribution in [3.8, 4) is 0 Å². The molecule has 0 saturated carbocycles. The van der Waals surface area contributed by atoms with E-state index in [4.69, 9.17) is 4.74 Å². The van der Waals surface area contributed by atoms with Gasteiger partial charge in [0, 0.05) is 17.8 Å². The molecule has 0 aliphatic heterocycles. The van der Waals surface area contributed by atoms with E-state index in [-0.39, 0.29) is 22.6 Å². The van der Waals surface area contributed by atoms with Gasteiger partial charge in [-0.15, -0.1) is 6.58 Å². The lowest BCUT2D eigenvalue weighted by Gasteiger charge is -2.08. The maximum Gasteiger partial charge on any atom is 0.338 e. The molecule has 30 heavy (non-hydrogen) atoms. The predicted octanol–water partition coefficient (Wildman–Crippen LogP) is 1.56. The highest BCUT2D eigenvalue weighted by molar-refractivity contribution is 7.92. The Balaban J connectivity index is 1.96. The van der Waals surface area contributed by atoms with Crippen molar-refractivity contribution in [3.05, 3.63) is 72.3 Å². The molecule has 0 radical (unpaired) electrons. The molecule has 11 heteroatoms. The predicted molar refractivity (Wildman–Crippen MR) is 111 cm³/mol. The summed E-state index contributed by atoms with van der Waals surface area (Å²) in [7, 11) is -7.14.